The number of piperazine rings is 1. The number of pyridine rings is 2. The predicted molar refractivity (Wildman–Crippen MR) is 127 cm³/mol. The van der Waals surface area contributed by atoms with Crippen LogP contribution < -0.4 is 20.1 Å². The second-order valence-corrected chi connectivity index (χ2v) is 8.76. The van der Waals surface area contributed by atoms with E-state index in [1.807, 2.05) is 29.8 Å². The van der Waals surface area contributed by atoms with Gasteiger partial charge in [0.05, 0.1) is 31.6 Å². The first-order valence-electron chi connectivity index (χ1n) is 11.4. The summed E-state index contributed by atoms with van der Waals surface area (Å²) in [6, 6.07) is 5.77. The number of hydrogen-bond donors (Lipinski definition) is 2. The number of methoxy groups -OCH3 is 2. The first-order valence-corrected chi connectivity index (χ1v) is 11.4. The van der Waals surface area contributed by atoms with Crippen molar-refractivity contribution >= 4 is 22.6 Å². The van der Waals surface area contributed by atoms with Gasteiger partial charge in [0.1, 0.15) is 17.1 Å². The van der Waals surface area contributed by atoms with Crippen LogP contribution in [-0.2, 0) is 11.8 Å². The molecule has 2 fully saturated rings. The van der Waals surface area contributed by atoms with Crippen LogP contribution in [0.1, 0.15) is 6.42 Å². The van der Waals surface area contributed by atoms with E-state index in [4.69, 9.17) is 9.47 Å². The molecule has 1 aliphatic carbocycles. The number of ether oxygens (including phenoxy) is 2. The summed E-state index contributed by atoms with van der Waals surface area (Å²) in [7, 11) is 5.19. The number of rotatable bonds is 7. The molecule has 9 heteroatoms. The average Bonchev–Trinajstić information content (AvgIpc) is 3.54. The minimum atomic E-state index is 0.0636. The molecule has 2 N–H and O–H groups in total. The van der Waals surface area contributed by atoms with Crippen molar-refractivity contribution in [2.24, 2.45) is 18.9 Å². The zero-order valence-electron chi connectivity index (χ0n) is 19.3. The molecule has 0 aromatic carbocycles. The molecule has 0 radical (unpaired) electrons. The maximum Gasteiger partial charge on any atom is 0.228 e. The Morgan fingerprint density at radius 2 is 2.03 bits per heavy atom. The van der Waals surface area contributed by atoms with Gasteiger partial charge in [-0.1, -0.05) is 0 Å². The Hall–Kier alpha value is -3.17. The number of nitrogens with zero attached hydrogens (tertiary/aromatic N) is 4. The predicted octanol–water partition coefficient (Wildman–Crippen LogP) is 2.13. The molecular formula is C24H30N6O3. The van der Waals surface area contributed by atoms with Crippen molar-refractivity contribution in [1.29, 1.82) is 0 Å². The highest BCUT2D eigenvalue weighted by Gasteiger charge is 2.43. The highest BCUT2D eigenvalue weighted by atomic mass is 16.5. The Labute approximate surface area is 193 Å². The minimum absolute atomic E-state index is 0.0636. The molecule has 174 valence electrons. The third-order valence-corrected chi connectivity index (χ3v) is 6.69. The fraction of sp³-hybridized carbons (Fsp3) is 0.458. The normalized spacial score (nSPS) is 20.6. The molecule has 2 atom stereocenters. The van der Waals surface area contributed by atoms with Crippen molar-refractivity contribution in [1.82, 2.24) is 24.8 Å². The van der Waals surface area contributed by atoms with Crippen LogP contribution in [0.4, 0.5) is 5.82 Å². The number of fused-ring (bicyclic) bond motifs is 1. The Bertz CT molecular complexity index is 1150. The van der Waals surface area contributed by atoms with E-state index in [1.54, 1.807) is 26.6 Å². The van der Waals surface area contributed by atoms with Gasteiger partial charge in [-0.05, 0) is 30.5 Å². The Kier molecular flexibility index (Phi) is 5.90. The van der Waals surface area contributed by atoms with Crippen LogP contribution in [0.3, 0.4) is 0 Å². The lowest BCUT2D eigenvalue weighted by Crippen LogP contribution is -2.44. The highest BCUT2D eigenvalue weighted by Crippen LogP contribution is 2.41. The maximum absolute atomic E-state index is 12.8. The molecule has 0 spiro atoms. The van der Waals surface area contributed by atoms with Gasteiger partial charge in [-0.25, -0.2) is 9.97 Å². The zero-order valence-corrected chi connectivity index (χ0v) is 19.3. The lowest BCUT2D eigenvalue weighted by Gasteiger charge is -2.27. The number of aryl methyl sites for hydroxylation is 1. The number of nitrogens with one attached hydrogen (secondary N) is 2. The minimum Gasteiger partial charge on any atom is -0.496 e. The van der Waals surface area contributed by atoms with Crippen molar-refractivity contribution in [2.75, 3.05) is 52.3 Å². The van der Waals surface area contributed by atoms with Crippen molar-refractivity contribution in [3.63, 3.8) is 0 Å². The van der Waals surface area contributed by atoms with Gasteiger partial charge < -0.3 is 29.6 Å². The summed E-state index contributed by atoms with van der Waals surface area (Å²) in [6.07, 6.45) is 4.40. The molecule has 3 aromatic rings. The number of aromatic nitrogens is 3. The number of hydrogen-bond acceptors (Lipinski definition) is 7. The summed E-state index contributed by atoms with van der Waals surface area (Å²) in [4.78, 5) is 24.1. The third kappa shape index (κ3) is 4.26. The van der Waals surface area contributed by atoms with E-state index in [2.05, 4.69) is 25.5 Å². The summed E-state index contributed by atoms with van der Waals surface area (Å²) >= 11 is 0. The van der Waals surface area contributed by atoms with Crippen LogP contribution in [0.2, 0.25) is 0 Å². The quantitative estimate of drug-likeness (QED) is 0.570. The number of amides is 1. The van der Waals surface area contributed by atoms with Crippen LogP contribution in [0.15, 0.2) is 30.6 Å². The molecule has 0 bridgehead atoms. The van der Waals surface area contributed by atoms with E-state index in [9.17, 15) is 4.79 Å². The molecule has 1 amide bonds. The van der Waals surface area contributed by atoms with E-state index in [-0.39, 0.29) is 11.8 Å². The monoisotopic (exact) mass is 450 g/mol. The van der Waals surface area contributed by atoms with E-state index in [0.717, 1.165) is 61.3 Å². The standard InChI is InChI=1S/C24H30N6O3/c1-29-18(22-20(32-2)4-5-26-24(22)33-3)11-15-12-21(27-13-19(15)29)28-23(31)17-10-16(17)14-30-8-6-25-7-9-30/h4-5,11-13,16-17,25H,6-10,14H2,1-3H3,(H,27,28,31). The number of anilines is 1. The first kappa shape index (κ1) is 21.7. The lowest BCUT2D eigenvalue weighted by atomic mass is 10.1. The average molecular weight is 451 g/mol. The lowest BCUT2D eigenvalue weighted by molar-refractivity contribution is -0.117. The molecule has 1 aliphatic heterocycles. The van der Waals surface area contributed by atoms with Crippen molar-refractivity contribution < 1.29 is 14.3 Å². The van der Waals surface area contributed by atoms with Gasteiger partial charge in [-0.2, -0.15) is 0 Å². The van der Waals surface area contributed by atoms with Gasteiger partial charge in [-0.15, -0.1) is 0 Å². The smallest absolute Gasteiger partial charge is 0.228 e. The zero-order chi connectivity index (χ0) is 22.9. The van der Waals surface area contributed by atoms with Crippen LogP contribution in [-0.4, -0.2) is 72.3 Å². The summed E-state index contributed by atoms with van der Waals surface area (Å²) in [5, 5.41) is 7.37. The molecule has 2 aliphatic rings. The first-order chi connectivity index (χ1) is 16.1. The molecule has 4 heterocycles. The van der Waals surface area contributed by atoms with Crippen LogP contribution in [0.25, 0.3) is 22.2 Å². The van der Waals surface area contributed by atoms with Gasteiger partial charge in [0.2, 0.25) is 11.8 Å². The summed E-state index contributed by atoms with van der Waals surface area (Å²) in [6.45, 7) is 5.19. The molecule has 9 nitrogen and oxygen atoms in total. The van der Waals surface area contributed by atoms with Gasteiger partial charge in [0, 0.05) is 57.3 Å². The highest BCUT2D eigenvalue weighted by molar-refractivity contribution is 5.96. The summed E-state index contributed by atoms with van der Waals surface area (Å²) in [5.41, 5.74) is 2.62. The van der Waals surface area contributed by atoms with E-state index >= 15 is 0 Å². The molecule has 1 saturated carbocycles. The summed E-state index contributed by atoms with van der Waals surface area (Å²) in [5.74, 6) is 2.33. The van der Waals surface area contributed by atoms with E-state index in [0.29, 0.717) is 23.4 Å². The molecule has 1 saturated heterocycles. The molecule has 2 unspecified atom stereocenters. The SMILES string of the molecule is COc1ccnc(OC)c1-c1cc2cc(NC(=O)C3CC3CN3CCNCC3)ncc2n1C. The Morgan fingerprint density at radius 1 is 1.21 bits per heavy atom. The Morgan fingerprint density at radius 3 is 2.79 bits per heavy atom. The maximum atomic E-state index is 12.8. The number of carbonyl (C=O) groups is 1. The second-order valence-electron chi connectivity index (χ2n) is 8.76. The Balaban J connectivity index is 1.33. The van der Waals surface area contributed by atoms with Crippen LogP contribution in [0, 0.1) is 11.8 Å². The summed E-state index contributed by atoms with van der Waals surface area (Å²) < 4.78 is 13.1. The van der Waals surface area contributed by atoms with Gasteiger partial charge in [0.15, 0.2) is 0 Å². The fourth-order valence-corrected chi connectivity index (χ4v) is 4.74. The largest absolute Gasteiger partial charge is 0.496 e. The van der Waals surface area contributed by atoms with Crippen molar-refractivity contribution in [3.8, 4) is 22.9 Å². The van der Waals surface area contributed by atoms with Crippen LogP contribution in [0.5, 0.6) is 11.6 Å². The topological polar surface area (TPSA) is 93.5 Å². The molecular weight excluding hydrogens is 420 g/mol. The van der Waals surface area contributed by atoms with Gasteiger partial charge in [-0.3, -0.25) is 4.79 Å². The molecule has 33 heavy (non-hydrogen) atoms. The van der Waals surface area contributed by atoms with Crippen molar-refractivity contribution in [2.45, 2.75) is 6.42 Å². The van der Waals surface area contributed by atoms with Gasteiger partial charge >= 0.3 is 0 Å². The second kappa shape index (κ2) is 8.99. The van der Waals surface area contributed by atoms with E-state index in [1.165, 1.54) is 0 Å². The third-order valence-electron chi connectivity index (χ3n) is 6.69. The van der Waals surface area contributed by atoms with Crippen molar-refractivity contribution in [3.05, 3.63) is 30.6 Å². The molecule has 5 rings (SSSR count). The molecule has 3 aromatic heterocycles. The number of carbonyl (C=O) groups excluding carboxylic acids is 1. The van der Waals surface area contributed by atoms with Crippen LogP contribution >= 0.6 is 0 Å². The van der Waals surface area contributed by atoms with E-state index < -0.39 is 0 Å². The van der Waals surface area contributed by atoms with Gasteiger partial charge in [0.25, 0.3) is 0 Å². The fourth-order valence-electron chi connectivity index (χ4n) is 4.74.